The van der Waals surface area contributed by atoms with E-state index in [1.54, 1.807) is 0 Å². The minimum absolute atomic E-state index is 0. The van der Waals surface area contributed by atoms with E-state index in [0.717, 1.165) is 19.8 Å². The van der Waals surface area contributed by atoms with Crippen LogP contribution in [0, 0.1) is 0 Å². The molecule has 2 nitrogen and oxygen atoms in total. The van der Waals surface area contributed by atoms with Gasteiger partial charge in [-0.2, -0.15) is 0 Å². The predicted molar refractivity (Wildman–Crippen MR) is 22.0 cm³/mol. The first-order valence-electron chi connectivity index (χ1n) is 1.91. The van der Waals surface area contributed by atoms with E-state index >= 15 is 0 Å². The Morgan fingerprint density at radius 3 is 1.83 bits per heavy atom. The molecule has 1 fully saturated rings. The summed E-state index contributed by atoms with van der Waals surface area (Å²) in [5.41, 5.74) is 0. The van der Waals surface area contributed by atoms with E-state index in [1.807, 2.05) is 0 Å². The average molecular weight is 112 g/mol. The first-order valence-corrected chi connectivity index (χ1v) is 1.91. The molecule has 0 unspecified atom stereocenters. The van der Waals surface area contributed by atoms with Crippen LogP contribution in [0.4, 0.5) is 0 Å². The molecule has 2 N–H and O–H groups in total. The van der Waals surface area contributed by atoms with Crippen molar-refractivity contribution in [3.05, 3.63) is 0 Å². The van der Waals surface area contributed by atoms with E-state index in [2.05, 4.69) is 10.6 Å². The number of rotatable bonds is 0. The first-order chi connectivity index (χ1) is 2.50. The molecule has 32 valence electrons. The van der Waals surface area contributed by atoms with Crippen LogP contribution in [0.15, 0.2) is 0 Å². The first kappa shape index (κ1) is 7.56. The maximum absolute atomic E-state index is 3.11. The van der Waals surface area contributed by atoms with E-state index in [1.165, 1.54) is 0 Å². The van der Waals surface area contributed by atoms with Gasteiger partial charge >= 0.3 is 51.4 Å². The van der Waals surface area contributed by atoms with E-state index in [4.69, 9.17) is 0 Å². The van der Waals surface area contributed by atoms with E-state index in [9.17, 15) is 0 Å². The van der Waals surface area contributed by atoms with Crippen LogP contribution in [0.2, 0.25) is 0 Å². The molecule has 0 atom stereocenters. The van der Waals surface area contributed by atoms with Crippen molar-refractivity contribution in [3.8, 4) is 0 Å². The maximum Gasteiger partial charge on any atom is 1.00 e. The Morgan fingerprint density at radius 1 is 1.17 bits per heavy atom. The summed E-state index contributed by atoms with van der Waals surface area (Å²) in [4.78, 5) is 0. The van der Waals surface area contributed by atoms with Crippen molar-refractivity contribution >= 4 is 0 Å². The molecule has 3 heteroatoms. The zero-order valence-electron chi connectivity index (χ0n) is 5.12. The van der Waals surface area contributed by atoms with E-state index < -0.39 is 0 Å². The van der Waals surface area contributed by atoms with E-state index in [-0.39, 0.29) is 52.8 Å². The maximum atomic E-state index is 3.11. The van der Waals surface area contributed by atoms with Gasteiger partial charge in [0.05, 0.1) is 0 Å². The van der Waals surface area contributed by atoms with Crippen LogP contribution in [0.1, 0.15) is 1.43 Å². The van der Waals surface area contributed by atoms with Crippen LogP contribution < -0.4 is 62.0 Å². The SMILES string of the molecule is C1CNCN1.[H-].[K+]. The molecule has 0 aromatic carbocycles. The van der Waals surface area contributed by atoms with Crippen LogP contribution in [-0.2, 0) is 0 Å². The normalized spacial score (nSPS) is 20.0. The van der Waals surface area contributed by atoms with Crippen LogP contribution in [0.3, 0.4) is 0 Å². The molecule has 1 rings (SSSR count). The van der Waals surface area contributed by atoms with Crippen molar-refractivity contribution in [1.29, 1.82) is 0 Å². The molecular formula is C3H9KN2. The molecule has 0 spiro atoms. The molecule has 0 saturated carbocycles. The molecule has 0 amide bonds. The van der Waals surface area contributed by atoms with Gasteiger partial charge in [-0.25, -0.2) is 0 Å². The Labute approximate surface area is 82.0 Å². The van der Waals surface area contributed by atoms with Gasteiger partial charge in [0.15, 0.2) is 0 Å². The molecule has 1 aliphatic heterocycles. The summed E-state index contributed by atoms with van der Waals surface area (Å²) in [6.45, 7) is 3.28. The van der Waals surface area contributed by atoms with Crippen molar-refractivity contribution in [3.63, 3.8) is 0 Å². The van der Waals surface area contributed by atoms with Crippen molar-refractivity contribution in [1.82, 2.24) is 10.6 Å². The summed E-state index contributed by atoms with van der Waals surface area (Å²) in [7, 11) is 0. The molecular weight excluding hydrogens is 103 g/mol. The summed E-state index contributed by atoms with van der Waals surface area (Å²) in [6, 6.07) is 0. The second kappa shape index (κ2) is 4.71. The van der Waals surface area contributed by atoms with Gasteiger partial charge in [0.25, 0.3) is 0 Å². The fourth-order valence-electron chi connectivity index (χ4n) is 0.442. The van der Waals surface area contributed by atoms with Crippen molar-refractivity contribution in [2.75, 3.05) is 19.8 Å². The van der Waals surface area contributed by atoms with Crippen molar-refractivity contribution in [2.45, 2.75) is 0 Å². The molecule has 6 heavy (non-hydrogen) atoms. The molecule has 0 radical (unpaired) electrons. The van der Waals surface area contributed by atoms with Gasteiger partial charge in [0.1, 0.15) is 0 Å². The van der Waals surface area contributed by atoms with Gasteiger partial charge < -0.3 is 12.1 Å². The molecule has 0 aromatic heterocycles. The third-order valence-corrected chi connectivity index (χ3v) is 0.729. The number of hydrogen-bond acceptors (Lipinski definition) is 2. The second-order valence-corrected chi connectivity index (χ2v) is 1.18. The summed E-state index contributed by atoms with van der Waals surface area (Å²) < 4.78 is 0. The van der Waals surface area contributed by atoms with Crippen molar-refractivity contribution < 1.29 is 52.8 Å². The summed E-state index contributed by atoms with van der Waals surface area (Å²) in [5, 5.41) is 6.22. The average Bonchev–Trinajstić information content (AvgIpc) is 1.76. The topological polar surface area (TPSA) is 24.1 Å². The van der Waals surface area contributed by atoms with Crippen molar-refractivity contribution in [2.24, 2.45) is 0 Å². The third-order valence-electron chi connectivity index (χ3n) is 0.729. The Hall–Kier alpha value is 1.56. The van der Waals surface area contributed by atoms with Crippen LogP contribution >= 0.6 is 0 Å². The fourth-order valence-corrected chi connectivity index (χ4v) is 0.442. The smallest absolute Gasteiger partial charge is 1.00 e. The monoisotopic (exact) mass is 112 g/mol. The van der Waals surface area contributed by atoms with Gasteiger partial charge in [-0.05, 0) is 0 Å². The summed E-state index contributed by atoms with van der Waals surface area (Å²) in [6.07, 6.45) is 0. The molecule has 0 aromatic rings. The molecule has 0 bridgehead atoms. The Bertz CT molecular complexity index is 24.5. The number of hydrogen-bond donors (Lipinski definition) is 2. The molecule has 0 aliphatic carbocycles. The Kier molecular flexibility index (Phi) is 5.93. The van der Waals surface area contributed by atoms with Gasteiger partial charge in [0, 0.05) is 19.8 Å². The molecule has 1 aliphatic rings. The zero-order chi connectivity index (χ0) is 3.54. The van der Waals surface area contributed by atoms with E-state index in [0.29, 0.717) is 0 Å². The zero-order valence-corrected chi connectivity index (χ0v) is 7.24. The summed E-state index contributed by atoms with van der Waals surface area (Å²) in [5.74, 6) is 0. The minimum atomic E-state index is 0. The van der Waals surface area contributed by atoms with Crippen LogP contribution in [0.5, 0.6) is 0 Å². The minimum Gasteiger partial charge on any atom is -1.00 e. The second-order valence-electron chi connectivity index (χ2n) is 1.18. The molecule has 1 heterocycles. The Morgan fingerprint density at radius 2 is 1.67 bits per heavy atom. The molecule has 1 saturated heterocycles. The standard InChI is InChI=1S/C3H8N2.K.H/c1-2-5-3-4-1;;/h4-5H,1-3H2;;/q;+1;-1. The third kappa shape index (κ3) is 2.68. The van der Waals surface area contributed by atoms with Gasteiger partial charge in [-0.15, -0.1) is 0 Å². The van der Waals surface area contributed by atoms with Gasteiger partial charge in [-0.3, -0.25) is 0 Å². The van der Waals surface area contributed by atoms with Crippen LogP contribution in [0.25, 0.3) is 0 Å². The quantitative estimate of drug-likeness (QED) is 0.315. The predicted octanol–water partition coefficient (Wildman–Crippen LogP) is -3.75. The van der Waals surface area contributed by atoms with Gasteiger partial charge in [-0.1, -0.05) is 0 Å². The fraction of sp³-hybridized carbons (Fsp3) is 1.00. The largest absolute Gasteiger partial charge is 1.00 e. The Balaban J connectivity index is 0. The number of nitrogens with one attached hydrogen (secondary N) is 2. The summed E-state index contributed by atoms with van der Waals surface area (Å²) >= 11 is 0. The van der Waals surface area contributed by atoms with Gasteiger partial charge in [0.2, 0.25) is 0 Å². The van der Waals surface area contributed by atoms with Crippen LogP contribution in [-0.4, -0.2) is 19.8 Å².